The average Bonchev–Trinajstić information content (AvgIpc) is 3.09. The van der Waals surface area contributed by atoms with Crippen molar-refractivity contribution in [1.29, 1.82) is 0 Å². The number of aliphatic hydroxyl groups is 1. The molecule has 2 unspecified atom stereocenters. The molecule has 4 rings (SSSR count). The lowest BCUT2D eigenvalue weighted by atomic mass is 9.92. The van der Waals surface area contributed by atoms with Gasteiger partial charge in [0.1, 0.15) is 11.6 Å². The van der Waals surface area contributed by atoms with E-state index in [1.807, 2.05) is 4.90 Å². The first-order valence-electron chi connectivity index (χ1n) is 9.56. The Labute approximate surface area is 188 Å². The Balaban J connectivity index is 1.59. The molecular formula is C22H18Cl2FN3O3. The Kier molecular flexibility index (Phi) is 5.98. The van der Waals surface area contributed by atoms with Crippen molar-refractivity contribution in [3.63, 3.8) is 0 Å². The van der Waals surface area contributed by atoms with E-state index in [4.69, 9.17) is 23.2 Å². The van der Waals surface area contributed by atoms with Gasteiger partial charge < -0.3 is 15.3 Å². The van der Waals surface area contributed by atoms with Crippen LogP contribution in [0, 0.1) is 5.82 Å². The number of benzene rings is 1. The van der Waals surface area contributed by atoms with E-state index < -0.39 is 17.1 Å². The van der Waals surface area contributed by atoms with E-state index in [1.54, 1.807) is 24.4 Å². The van der Waals surface area contributed by atoms with Crippen LogP contribution in [0.4, 0.5) is 4.39 Å². The maximum absolute atomic E-state index is 13.2. The minimum absolute atomic E-state index is 0.0315. The SMILES string of the molecule is O=C(NC1=C(Cl)C=NCC1Cl)C(=O)C1=CN(Cc2ccc(F)cc2)C2CC=C(O)C=C12. The number of aliphatic imine (C=N–C) groups is 1. The second kappa shape index (κ2) is 8.69. The first kappa shape index (κ1) is 21.3. The number of allylic oxidation sites excluding steroid dienone is 2. The molecule has 1 aromatic carbocycles. The summed E-state index contributed by atoms with van der Waals surface area (Å²) in [6.45, 7) is 0.647. The number of carbonyl (C=O) groups excluding carboxylic acids is 2. The molecule has 31 heavy (non-hydrogen) atoms. The van der Waals surface area contributed by atoms with Crippen molar-refractivity contribution in [2.75, 3.05) is 6.54 Å². The first-order valence-corrected chi connectivity index (χ1v) is 10.4. The van der Waals surface area contributed by atoms with Gasteiger partial charge in [0.2, 0.25) is 0 Å². The third kappa shape index (κ3) is 4.43. The molecule has 0 radical (unpaired) electrons. The Bertz CT molecular complexity index is 1090. The second-order valence-electron chi connectivity index (χ2n) is 7.33. The molecule has 1 aliphatic carbocycles. The maximum atomic E-state index is 13.2. The Morgan fingerprint density at radius 1 is 1.29 bits per heavy atom. The number of nitrogens with zero attached hydrogens (tertiary/aromatic N) is 2. The number of amides is 1. The number of fused-ring (bicyclic) bond motifs is 1. The number of carbonyl (C=O) groups is 2. The molecular weight excluding hydrogens is 444 g/mol. The van der Waals surface area contributed by atoms with Crippen LogP contribution in [0.1, 0.15) is 12.0 Å². The predicted molar refractivity (Wildman–Crippen MR) is 116 cm³/mol. The molecule has 2 aliphatic heterocycles. The first-order chi connectivity index (χ1) is 14.8. The van der Waals surface area contributed by atoms with Crippen LogP contribution in [0.15, 0.2) is 75.2 Å². The summed E-state index contributed by atoms with van der Waals surface area (Å²) in [4.78, 5) is 31.5. The summed E-state index contributed by atoms with van der Waals surface area (Å²) in [5.41, 5.74) is 1.80. The summed E-state index contributed by atoms with van der Waals surface area (Å²) in [6.07, 6.45) is 6.58. The van der Waals surface area contributed by atoms with E-state index >= 15 is 0 Å². The molecule has 2 N–H and O–H groups in total. The number of halogens is 3. The number of hydrogen-bond acceptors (Lipinski definition) is 5. The number of aliphatic hydroxyl groups excluding tert-OH is 1. The van der Waals surface area contributed by atoms with Crippen molar-refractivity contribution in [3.8, 4) is 0 Å². The molecule has 0 fully saturated rings. The lowest BCUT2D eigenvalue weighted by Crippen LogP contribution is -2.37. The molecule has 2 heterocycles. The molecule has 9 heteroatoms. The molecule has 1 amide bonds. The Morgan fingerprint density at radius 2 is 2.03 bits per heavy atom. The van der Waals surface area contributed by atoms with E-state index in [0.717, 1.165) is 5.56 Å². The number of alkyl halides is 1. The highest BCUT2D eigenvalue weighted by Crippen LogP contribution is 2.35. The molecule has 3 aliphatic rings. The average molecular weight is 462 g/mol. The smallest absolute Gasteiger partial charge is 0.296 e. The van der Waals surface area contributed by atoms with E-state index in [1.165, 1.54) is 24.4 Å². The van der Waals surface area contributed by atoms with Crippen molar-refractivity contribution in [3.05, 3.63) is 81.6 Å². The van der Waals surface area contributed by atoms with Gasteiger partial charge in [-0.05, 0) is 41.8 Å². The molecule has 6 nitrogen and oxygen atoms in total. The highest BCUT2D eigenvalue weighted by Gasteiger charge is 2.37. The largest absolute Gasteiger partial charge is 0.508 e. The Morgan fingerprint density at radius 3 is 2.74 bits per heavy atom. The number of nitrogens with one attached hydrogen (secondary N) is 1. The molecule has 0 aromatic heterocycles. The van der Waals surface area contributed by atoms with Crippen LogP contribution in [0.5, 0.6) is 0 Å². The number of ketones is 1. The van der Waals surface area contributed by atoms with Crippen molar-refractivity contribution in [2.24, 2.45) is 4.99 Å². The second-order valence-corrected chi connectivity index (χ2v) is 8.26. The summed E-state index contributed by atoms with van der Waals surface area (Å²) >= 11 is 12.2. The summed E-state index contributed by atoms with van der Waals surface area (Å²) in [5.74, 6) is -1.95. The van der Waals surface area contributed by atoms with Crippen LogP contribution in [-0.2, 0) is 16.1 Å². The highest BCUT2D eigenvalue weighted by molar-refractivity contribution is 6.45. The number of hydrogen-bond donors (Lipinski definition) is 2. The quantitative estimate of drug-likeness (QED) is 0.519. The van der Waals surface area contributed by atoms with Gasteiger partial charge in [0.25, 0.3) is 11.7 Å². The zero-order valence-corrected chi connectivity index (χ0v) is 17.7. The van der Waals surface area contributed by atoms with Gasteiger partial charge in [0.05, 0.1) is 28.7 Å². The van der Waals surface area contributed by atoms with Gasteiger partial charge in [-0.15, -0.1) is 11.6 Å². The maximum Gasteiger partial charge on any atom is 0.296 e. The van der Waals surface area contributed by atoms with Gasteiger partial charge in [0, 0.05) is 24.5 Å². The molecule has 0 bridgehead atoms. The number of Topliss-reactive ketones (excluding diaryl/α,β-unsaturated/α-hetero) is 1. The number of dihydropyridines is 1. The minimum Gasteiger partial charge on any atom is -0.508 e. The monoisotopic (exact) mass is 461 g/mol. The topological polar surface area (TPSA) is 82.0 Å². The molecule has 0 saturated heterocycles. The van der Waals surface area contributed by atoms with Crippen molar-refractivity contribution < 1.29 is 19.1 Å². The third-order valence-electron chi connectivity index (χ3n) is 5.24. The summed E-state index contributed by atoms with van der Waals surface area (Å²) in [6, 6.07) is 5.83. The summed E-state index contributed by atoms with van der Waals surface area (Å²) < 4.78 is 13.2. The third-order valence-corrected chi connectivity index (χ3v) is 5.89. The zero-order chi connectivity index (χ0) is 22.1. The van der Waals surface area contributed by atoms with Crippen molar-refractivity contribution in [2.45, 2.75) is 24.4 Å². The molecule has 0 spiro atoms. The Hall–Kier alpha value is -2.90. The molecule has 1 aromatic rings. The fraction of sp³-hybridized carbons (Fsp3) is 0.227. The summed E-state index contributed by atoms with van der Waals surface area (Å²) in [5, 5.41) is 12.0. The van der Waals surface area contributed by atoms with Gasteiger partial charge in [0.15, 0.2) is 0 Å². The van der Waals surface area contributed by atoms with E-state index in [2.05, 4.69) is 10.3 Å². The normalized spacial score (nSPS) is 22.5. The standard InChI is InChI=1S/C22H18Cl2FN3O3/c23-17-8-26-9-18(24)20(17)27-22(31)21(30)16-11-28(10-12-1-3-13(25)4-2-12)19-6-5-14(29)7-15(16)19/h1-5,7-8,11,18-19,29H,6,9-10H2,(H,27,31). The van der Waals surface area contributed by atoms with Gasteiger partial charge in [-0.25, -0.2) is 4.39 Å². The van der Waals surface area contributed by atoms with Crippen LogP contribution in [0.3, 0.4) is 0 Å². The van der Waals surface area contributed by atoms with Crippen molar-refractivity contribution in [1.82, 2.24) is 10.2 Å². The summed E-state index contributed by atoms with van der Waals surface area (Å²) in [7, 11) is 0. The molecule has 160 valence electrons. The van der Waals surface area contributed by atoms with Gasteiger partial charge in [-0.1, -0.05) is 23.7 Å². The van der Waals surface area contributed by atoms with Crippen molar-refractivity contribution >= 4 is 41.1 Å². The van der Waals surface area contributed by atoms with Gasteiger partial charge in [-0.2, -0.15) is 0 Å². The predicted octanol–water partition coefficient (Wildman–Crippen LogP) is 3.49. The van der Waals surface area contributed by atoms with Gasteiger partial charge in [-0.3, -0.25) is 14.6 Å². The van der Waals surface area contributed by atoms with Crippen LogP contribution in [0.25, 0.3) is 0 Å². The van der Waals surface area contributed by atoms with Crippen LogP contribution >= 0.6 is 23.2 Å². The van der Waals surface area contributed by atoms with Gasteiger partial charge >= 0.3 is 0 Å². The van der Waals surface area contributed by atoms with Crippen LogP contribution < -0.4 is 5.32 Å². The fourth-order valence-electron chi connectivity index (χ4n) is 3.70. The lowest BCUT2D eigenvalue weighted by Gasteiger charge is -2.27. The van der Waals surface area contributed by atoms with Crippen LogP contribution in [0.2, 0.25) is 0 Å². The zero-order valence-electron chi connectivity index (χ0n) is 16.2. The minimum atomic E-state index is -0.877. The fourth-order valence-corrected chi connectivity index (χ4v) is 4.25. The van der Waals surface area contributed by atoms with Crippen LogP contribution in [-0.4, -0.2) is 45.9 Å². The van der Waals surface area contributed by atoms with E-state index in [0.29, 0.717) is 18.5 Å². The molecule has 0 saturated carbocycles. The lowest BCUT2D eigenvalue weighted by molar-refractivity contribution is -0.135. The van der Waals surface area contributed by atoms with E-state index in [-0.39, 0.29) is 40.5 Å². The van der Waals surface area contributed by atoms with E-state index in [9.17, 15) is 19.1 Å². The molecule has 2 atom stereocenters. The highest BCUT2D eigenvalue weighted by atomic mass is 35.5. The number of rotatable bonds is 5.